The van der Waals surface area contributed by atoms with Crippen LogP contribution in [-0.2, 0) is 10.0 Å². The van der Waals surface area contributed by atoms with E-state index in [2.05, 4.69) is 0 Å². The number of nitro benzene ring substituents is 1. The first-order valence-electron chi connectivity index (χ1n) is 6.28. The number of sulfonamides is 1. The van der Waals surface area contributed by atoms with Crippen LogP contribution in [0.4, 0.5) is 5.69 Å². The quantitative estimate of drug-likeness (QED) is 0.634. The molecule has 2 rings (SSSR count). The van der Waals surface area contributed by atoms with Gasteiger partial charge in [0.15, 0.2) is 0 Å². The summed E-state index contributed by atoms with van der Waals surface area (Å²) >= 11 is 0. The highest BCUT2D eigenvalue weighted by atomic mass is 32.2. The summed E-state index contributed by atoms with van der Waals surface area (Å²) in [4.78, 5) is 9.86. The Morgan fingerprint density at radius 2 is 2.10 bits per heavy atom. The molecule has 8 nitrogen and oxygen atoms in total. The Bertz CT molecular complexity index is 666. The maximum absolute atomic E-state index is 12.5. The summed E-state index contributed by atoms with van der Waals surface area (Å²) in [6, 6.07) is 3.39. The Morgan fingerprint density at radius 3 is 2.57 bits per heavy atom. The summed E-state index contributed by atoms with van der Waals surface area (Å²) in [6.07, 6.45) is 0.436. The van der Waals surface area contributed by atoms with Crippen molar-refractivity contribution in [1.82, 2.24) is 4.31 Å². The van der Waals surface area contributed by atoms with E-state index in [-0.39, 0.29) is 29.4 Å². The van der Waals surface area contributed by atoms with Gasteiger partial charge in [-0.25, -0.2) is 8.42 Å². The summed E-state index contributed by atoms with van der Waals surface area (Å²) in [6.45, 7) is 1.70. The van der Waals surface area contributed by atoms with Gasteiger partial charge in [0.2, 0.25) is 10.0 Å². The highest BCUT2D eigenvalue weighted by molar-refractivity contribution is 7.89. The number of rotatable bonds is 5. The van der Waals surface area contributed by atoms with Crippen molar-refractivity contribution in [2.45, 2.75) is 23.8 Å². The number of non-ortho nitro benzene ring substituents is 1. The molecular weight excluding hydrogens is 300 g/mol. The summed E-state index contributed by atoms with van der Waals surface area (Å²) < 4.78 is 31.0. The predicted molar refractivity (Wildman–Crippen MR) is 73.6 cm³/mol. The van der Waals surface area contributed by atoms with Crippen LogP contribution >= 0.6 is 0 Å². The van der Waals surface area contributed by atoms with Crippen LogP contribution in [0.25, 0.3) is 0 Å². The maximum atomic E-state index is 12.5. The second-order valence-corrected chi connectivity index (χ2v) is 6.85. The van der Waals surface area contributed by atoms with Crippen LogP contribution < -0.4 is 4.74 Å². The number of β-amino-alcohol motifs (C(OH)–C–C–N with tert-alkyl or cyclic N) is 1. The highest BCUT2D eigenvalue weighted by Gasteiger charge is 2.47. The third-order valence-corrected chi connectivity index (χ3v) is 5.39. The van der Waals surface area contributed by atoms with Gasteiger partial charge in [0.25, 0.3) is 5.69 Å². The van der Waals surface area contributed by atoms with Crippen molar-refractivity contribution in [2.75, 3.05) is 20.2 Å². The van der Waals surface area contributed by atoms with E-state index in [0.717, 1.165) is 10.4 Å². The number of methoxy groups -OCH3 is 1. The van der Waals surface area contributed by atoms with Gasteiger partial charge < -0.3 is 9.84 Å². The fourth-order valence-corrected chi connectivity index (χ4v) is 3.90. The molecule has 0 radical (unpaired) electrons. The van der Waals surface area contributed by atoms with Gasteiger partial charge in [0, 0.05) is 25.2 Å². The molecule has 0 saturated carbocycles. The van der Waals surface area contributed by atoms with Crippen molar-refractivity contribution < 1.29 is 23.2 Å². The number of hydrogen-bond donors (Lipinski definition) is 1. The minimum Gasteiger partial charge on any atom is -0.495 e. The molecular formula is C12H16N2O6S. The second-order valence-electron chi connectivity index (χ2n) is 4.94. The molecule has 0 amide bonds. The number of nitrogens with zero attached hydrogens (tertiary/aromatic N) is 2. The van der Waals surface area contributed by atoms with Gasteiger partial charge in [-0.2, -0.15) is 4.31 Å². The van der Waals surface area contributed by atoms with Crippen LogP contribution in [0.15, 0.2) is 23.1 Å². The second kappa shape index (κ2) is 5.24. The zero-order chi connectivity index (χ0) is 15.8. The Morgan fingerprint density at radius 1 is 1.48 bits per heavy atom. The number of aliphatic hydroxyl groups is 1. The molecule has 1 aliphatic rings. The smallest absolute Gasteiger partial charge is 0.271 e. The van der Waals surface area contributed by atoms with Crippen molar-refractivity contribution in [3.63, 3.8) is 0 Å². The van der Waals surface area contributed by atoms with Gasteiger partial charge in [-0.3, -0.25) is 10.1 Å². The Balaban J connectivity index is 2.40. The number of hydrogen-bond acceptors (Lipinski definition) is 6. The Labute approximate surface area is 122 Å². The molecule has 1 aliphatic heterocycles. The lowest BCUT2D eigenvalue weighted by atomic mass is 9.94. The van der Waals surface area contributed by atoms with Crippen LogP contribution in [0.5, 0.6) is 5.75 Å². The summed E-state index contributed by atoms with van der Waals surface area (Å²) in [5.74, 6) is 0.0348. The minimum absolute atomic E-state index is 0.0301. The van der Waals surface area contributed by atoms with E-state index >= 15 is 0 Å². The molecule has 1 fully saturated rings. The molecule has 0 atom stereocenters. The third-order valence-electron chi connectivity index (χ3n) is 3.58. The third kappa shape index (κ3) is 2.71. The zero-order valence-electron chi connectivity index (χ0n) is 11.6. The van der Waals surface area contributed by atoms with Crippen LogP contribution in [-0.4, -0.2) is 48.6 Å². The molecule has 0 bridgehead atoms. The molecule has 0 aliphatic carbocycles. The van der Waals surface area contributed by atoms with Gasteiger partial charge >= 0.3 is 0 Å². The molecule has 0 aromatic heterocycles. The first kappa shape index (κ1) is 15.7. The monoisotopic (exact) mass is 316 g/mol. The van der Waals surface area contributed by atoms with Crippen LogP contribution in [0.2, 0.25) is 0 Å². The molecule has 1 saturated heterocycles. The van der Waals surface area contributed by atoms with Gasteiger partial charge in [-0.05, 0) is 12.5 Å². The van der Waals surface area contributed by atoms with Gasteiger partial charge in [0.1, 0.15) is 10.6 Å². The lowest BCUT2D eigenvalue weighted by Crippen LogP contribution is -2.62. The van der Waals surface area contributed by atoms with E-state index in [1.54, 1.807) is 6.92 Å². The van der Waals surface area contributed by atoms with E-state index in [9.17, 15) is 23.6 Å². The fraction of sp³-hybridized carbons (Fsp3) is 0.500. The fourth-order valence-electron chi connectivity index (χ4n) is 2.12. The lowest BCUT2D eigenvalue weighted by molar-refractivity contribution is -0.385. The predicted octanol–water partition coefficient (Wildman–Crippen LogP) is 0.749. The lowest BCUT2D eigenvalue weighted by Gasteiger charge is -2.44. The standard InChI is InChI=1S/C12H16N2O6S/c1-3-12(15)7-13(8-12)21(18,19)11-6-9(14(16)17)4-5-10(11)20-2/h4-6,15H,3,7-8H2,1-2H3. The van der Waals surface area contributed by atoms with Crippen molar-refractivity contribution in [3.05, 3.63) is 28.3 Å². The average Bonchev–Trinajstić information content (AvgIpc) is 2.42. The van der Waals surface area contributed by atoms with E-state index in [4.69, 9.17) is 4.74 Å². The molecule has 21 heavy (non-hydrogen) atoms. The summed E-state index contributed by atoms with van der Waals surface area (Å²) in [7, 11) is -2.65. The van der Waals surface area contributed by atoms with Crippen LogP contribution in [0.3, 0.4) is 0 Å². The zero-order valence-corrected chi connectivity index (χ0v) is 12.5. The SMILES string of the molecule is CCC1(O)CN(S(=O)(=O)c2cc([N+](=O)[O-])ccc2OC)C1. The van der Waals surface area contributed by atoms with E-state index in [1.165, 1.54) is 19.2 Å². The van der Waals surface area contributed by atoms with Gasteiger partial charge in [-0.15, -0.1) is 0 Å². The number of nitro groups is 1. The Kier molecular flexibility index (Phi) is 3.91. The first-order chi connectivity index (χ1) is 9.73. The summed E-state index contributed by atoms with van der Waals surface area (Å²) in [5, 5.41) is 20.7. The average molecular weight is 316 g/mol. The van der Waals surface area contributed by atoms with E-state index in [1.807, 2.05) is 0 Å². The topological polar surface area (TPSA) is 110 Å². The Hall–Kier alpha value is -1.71. The van der Waals surface area contributed by atoms with Crippen molar-refractivity contribution in [3.8, 4) is 5.75 Å². The molecule has 0 unspecified atom stereocenters. The maximum Gasteiger partial charge on any atom is 0.271 e. The largest absolute Gasteiger partial charge is 0.495 e. The number of benzene rings is 1. The van der Waals surface area contributed by atoms with Gasteiger partial charge in [0.05, 0.1) is 17.6 Å². The van der Waals surface area contributed by atoms with Crippen molar-refractivity contribution >= 4 is 15.7 Å². The minimum atomic E-state index is -3.94. The molecule has 0 spiro atoms. The molecule has 1 N–H and O–H groups in total. The van der Waals surface area contributed by atoms with E-state index in [0.29, 0.717) is 6.42 Å². The number of ether oxygens (including phenoxy) is 1. The van der Waals surface area contributed by atoms with Crippen LogP contribution in [0, 0.1) is 10.1 Å². The molecule has 1 aromatic rings. The molecule has 1 aromatic carbocycles. The summed E-state index contributed by atoms with van der Waals surface area (Å²) in [5.41, 5.74) is -1.36. The van der Waals surface area contributed by atoms with Crippen LogP contribution in [0.1, 0.15) is 13.3 Å². The van der Waals surface area contributed by atoms with E-state index < -0.39 is 20.5 Å². The normalized spacial score (nSPS) is 18.0. The van der Waals surface area contributed by atoms with Crippen molar-refractivity contribution in [1.29, 1.82) is 0 Å². The molecule has 9 heteroatoms. The molecule has 116 valence electrons. The first-order valence-corrected chi connectivity index (χ1v) is 7.72. The van der Waals surface area contributed by atoms with Gasteiger partial charge in [-0.1, -0.05) is 6.92 Å². The van der Waals surface area contributed by atoms with Crippen molar-refractivity contribution in [2.24, 2.45) is 0 Å². The molecule has 1 heterocycles. The highest BCUT2D eigenvalue weighted by Crippen LogP contribution is 2.35.